The Kier molecular flexibility index (Phi) is 5.95. The van der Waals surface area contributed by atoms with Crippen LogP contribution in [0.25, 0.3) is 10.4 Å². The van der Waals surface area contributed by atoms with E-state index < -0.39 is 11.9 Å². The lowest BCUT2D eigenvalue weighted by Gasteiger charge is -2.16. The Morgan fingerprint density at radius 2 is 2.42 bits per heavy atom. The summed E-state index contributed by atoms with van der Waals surface area (Å²) in [4.78, 5) is 14.0. The van der Waals surface area contributed by atoms with Crippen LogP contribution in [0.15, 0.2) is 23.3 Å². The smallest absolute Gasteiger partial charge is 0.239 e. The quantitative estimate of drug-likeness (QED) is 0.344. The van der Waals surface area contributed by atoms with Crippen LogP contribution in [0.1, 0.15) is 11.6 Å². The van der Waals surface area contributed by atoms with Crippen LogP contribution in [0.5, 0.6) is 5.75 Å². The molecule has 19 heavy (non-hydrogen) atoms. The van der Waals surface area contributed by atoms with Gasteiger partial charge in [0.1, 0.15) is 11.8 Å². The van der Waals surface area contributed by atoms with Gasteiger partial charge in [0.25, 0.3) is 0 Å². The Morgan fingerprint density at radius 3 is 2.95 bits per heavy atom. The molecule has 0 aliphatic heterocycles. The molecular weight excluding hydrogens is 270 g/mol. The zero-order valence-electron chi connectivity index (χ0n) is 10.3. The SMILES string of the molecule is COc1ccc(C(NCCN=[N+]=[N-])C(N)=O)cc1Cl. The van der Waals surface area contributed by atoms with Crippen molar-refractivity contribution in [1.29, 1.82) is 0 Å². The number of rotatable bonds is 7. The highest BCUT2D eigenvalue weighted by molar-refractivity contribution is 6.32. The van der Waals surface area contributed by atoms with Gasteiger partial charge in [0.15, 0.2) is 0 Å². The molecule has 1 rings (SSSR count). The number of carbonyl (C=O) groups excluding carboxylic acids is 1. The molecule has 102 valence electrons. The third-order valence-electron chi connectivity index (χ3n) is 2.42. The predicted octanol–water partition coefficient (Wildman–Crippen LogP) is 1.77. The van der Waals surface area contributed by atoms with Gasteiger partial charge in [-0.2, -0.15) is 0 Å². The molecule has 1 aromatic rings. The molecule has 0 saturated carbocycles. The third kappa shape index (κ3) is 4.33. The molecule has 7 nitrogen and oxygen atoms in total. The summed E-state index contributed by atoms with van der Waals surface area (Å²) in [7, 11) is 1.50. The lowest BCUT2D eigenvalue weighted by Crippen LogP contribution is -2.34. The van der Waals surface area contributed by atoms with Gasteiger partial charge >= 0.3 is 0 Å². The fraction of sp³-hybridized carbons (Fsp3) is 0.364. The van der Waals surface area contributed by atoms with Crippen LogP contribution in [-0.4, -0.2) is 26.1 Å². The third-order valence-corrected chi connectivity index (χ3v) is 2.71. The Morgan fingerprint density at radius 1 is 1.68 bits per heavy atom. The fourth-order valence-corrected chi connectivity index (χ4v) is 1.81. The van der Waals surface area contributed by atoms with Crippen LogP contribution in [-0.2, 0) is 4.79 Å². The van der Waals surface area contributed by atoms with Gasteiger partial charge in [-0.1, -0.05) is 22.8 Å². The Hall–Kier alpha value is -1.95. The van der Waals surface area contributed by atoms with Crippen molar-refractivity contribution in [3.05, 3.63) is 39.2 Å². The average molecular weight is 284 g/mol. The molecule has 0 aromatic heterocycles. The second-order valence-corrected chi connectivity index (χ2v) is 4.05. The van der Waals surface area contributed by atoms with Gasteiger partial charge in [-0.3, -0.25) is 4.79 Å². The predicted molar refractivity (Wildman–Crippen MR) is 72.0 cm³/mol. The number of amides is 1. The highest BCUT2D eigenvalue weighted by atomic mass is 35.5. The standard InChI is InChI=1S/C11H14ClN5O2/c1-19-9-3-2-7(6-8(9)12)10(11(13)18)15-4-5-16-17-14/h2-3,6,10,15H,4-5H2,1H3,(H2,13,18). The molecule has 0 saturated heterocycles. The van der Waals surface area contributed by atoms with Crippen molar-refractivity contribution in [2.24, 2.45) is 10.8 Å². The van der Waals surface area contributed by atoms with E-state index in [1.165, 1.54) is 7.11 Å². The largest absolute Gasteiger partial charge is 0.495 e. The van der Waals surface area contributed by atoms with Crippen molar-refractivity contribution < 1.29 is 9.53 Å². The molecule has 0 bridgehead atoms. The van der Waals surface area contributed by atoms with Crippen molar-refractivity contribution >= 4 is 17.5 Å². The van der Waals surface area contributed by atoms with E-state index >= 15 is 0 Å². The second kappa shape index (κ2) is 7.48. The second-order valence-electron chi connectivity index (χ2n) is 3.64. The molecule has 0 spiro atoms. The first-order valence-corrected chi connectivity index (χ1v) is 5.85. The van der Waals surface area contributed by atoms with Crippen LogP contribution in [0.2, 0.25) is 5.02 Å². The number of primary amides is 1. The number of carbonyl (C=O) groups is 1. The number of nitrogens with one attached hydrogen (secondary N) is 1. The first-order chi connectivity index (χ1) is 9.10. The topological polar surface area (TPSA) is 113 Å². The normalized spacial score (nSPS) is 11.5. The average Bonchev–Trinajstić information content (AvgIpc) is 2.38. The van der Waals surface area contributed by atoms with Crippen LogP contribution in [0.4, 0.5) is 0 Å². The summed E-state index contributed by atoms with van der Waals surface area (Å²) in [5.74, 6) is -0.0233. The maximum atomic E-state index is 11.4. The molecular formula is C11H14ClN5O2. The monoisotopic (exact) mass is 283 g/mol. The number of nitrogens with zero attached hydrogens (tertiary/aromatic N) is 3. The summed E-state index contributed by atoms with van der Waals surface area (Å²) in [6.07, 6.45) is 0. The molecule has 0 heterocycles. The molecule has 1 atom stereocenters. The van der Waals surface area contributed by atoms with E-state index in [0.717, 1.165) is 0 Å². The highest BCUT2D eigenvalue weighted by Gasteiger charge is 2.18. The number of ether oxygens (including phenoxy) is 1. The van der Waals surface area contributed by atoms with Crippen LogP contribution >= 0.6 is 11.6 Å². The van der Waals surface area contributed by atoms with Gasteiger partial charge in [0.05, 0.1) is 12.1 Å². The zero-order valence-corrected chi connectivity index (χ0v) is 11.1. The van der Waals surface area contributed by atoms with Gasteiger partial charge in [0.2, 0.25) is 5.91 Å². The van der Waals surface area contributed by atoms with Crippen molar-refractivity contribution in [2.45, 2.75) is 6.04 Å². The molecule has 1 amide bonds. The lowest BCUT2D eigenvalue weighted by molar-refractivity contribution is -0.120. The zero-order chi connectivity index (χ0) is 14.3. The van der Waals surface area contributed by atoms with E-state index in [0.29, 0.717) is 22.9 Å². The summed E-state index contributed by atoms with van der Waals surface area (Å²) in [6.45, 7) is 0.561. The molecule has 0 fully saturated rings. The number of halogens is 1. The lowest BCUT2D eigenvalue weighted by atomic mass is 10.1. The fourth-order valence-electron chi connectivity index (χ4n) is 1.55. The van der Waals surface area contributed by atoms with Crippen molar-refractivity contribution in [3.8, 4) is 5.75 Å². The number of azide groups is 1. The van der Waals surface area contributed by atoms with Gasteiger partial charge in [-0.25, -0.2) is 0 Å². The summed E-state index contributed by atoms with van der Waals surface area (Å²) < 4.78 is 5.03. The molecule has 3 N–H and O–H groups in total. The van der Waals surface area contributed by atoms with Crippen LogP contribution in [0.3, 0.4) is 0 Å². The van der Waals surface area contributed by atoms with Crippen LogP contribution in [0, 0.1) is 0 Å². The number of hydrogen-bond donors (Lipinski definition) is 2. The van der Waals surface area contributed by atoms with Gasteiger partial charge < -0.3 is 15.8 Å². The van der Waals surface area contributed by atoms with E-state index in [1.807, 2.05) is 0 Å². The van der Waals surface area contributed by atoms with E-state index in [9.17, 15) is 4.79 Å². The van der Waals surface area contributed by atoms with E-state index in [1.54, 1.807) is 18.2 Å². The molecule has 1 aromatic carbocycles. The molecule has 1 unspecified atom stereocenters. The van der Waals surface area contributed by atoms with E-state index in [2.05, 4.69) is 15.3 Å². The first kappa shape index (κ1) is 15.1. The van der Waals surface area contributed by atoms with Gasteiger partial charge in [-0.05, 0) is 23.2 Å². The van der Waals surface area contributed by atoms with Gasteiger partial charge in [0, 0.05) is 18.0 Å². The van der Waals surface area contributed by atoms with Crippen LogP contribution < -0.4 is 15.8 Å². The Labute approximate surface area is 115 Å². The van der Waals surface area contributed by atoms with E-state index in [4.69, 9.17) is 27.6 Å². The molecule has 0 aliphatic carbocycles. The minimum absolute atomic E-state index is 0.226. The van der Waals surface area contributed by atoms with Gasteiger partial charge in [-0.15, -0.1) is 0 Å². The first-order valence-electron chi connectivity index (χ1n) is 5.47. The minimum atomic E-state index is -0.697. The number of nitrogens with two attached hydrogens (primary N) is 1. The summed E-state index contributed by atoms with van der Waals surface area (Å²) in [6, 6.07) is 4.26. The van der Waals surface area contributed by atoms with Crippen molar-refractivity contribution in [2.75, 3.05) is 20.2 Å². The maximum Gasteiger partial charge on any atom is 0.239 e. The number of methoxy groups -OCH3 is 1. The number of hydrogen-bond acceptors (Lipinski definition) is 4. The molecule has 0 radical (unpaired) electrons. The minimum Gasteiger partial charge on any atom is -0.495 e. The van der Waals surface area contributed by atoms with E-state index in [-0.39, 0.29) is 6.54 Å². The summed E-state index contributed by atoms with van der Waals surface area (Å²) in [5, 5.41) is 6.65. The van der Waals surface area contributed by atoms with Crippen molar-refractivity contribution in [1.82, 2.24) is 5.32 Å². The Balaban J connectivity index is 2.83. The van der Waals surface area contributed by atoms with Crippen molar-refractivity contribution in [3.63, 3.8) is 0 Å². The molecule has 8 heteroatoms. The maximum absolute atomic E-state index is 11.4. The number of benzene rings is 1. The molecule has 0 aliphatic rings. The summed E-state index contributed by atoms with van der Waals surface area (Å²) >= 11 is 5.99. The highest BCUT2D eigenvalue weighted by Crippen LogP contribution is 2.27. The summed E-state index contributed by atoms with van der Waals surface area (Å²) in [5.41, 5.74) is 14.1. The Bertz CT molecular complexity index is 502.